The van der Waals surface area contributed by atoms with E-state index in [0.29, 0.717) is 18.3 Å². The Balaban J connectivity index is 1.98. The first kappa shape index (κ1) is 15.4. The minimum absolute atomic E-state index is 0.411. The Kier molecular flexibility index (Phi) is 5.22. The number of ether oxygens (including phenoxy) is 1. The van der Waals surface area contributed by atoms with Crippen LogP contribution in [0.2, 0.25) is 5.15 Å². The molecule has 0 unspecified atom stereocenters. The van der Waals surface area contributed by atoms with Gasteiger partial charge in [0.2, 0.25) is 0 Å². The zero-order chi connectivity index (χ0) is 15.2. The lowest BCUT2D eigenvalue weighted by Crippen LogP contribution is -2.25. The van der Waals surface area contributed by atoms with E-state index in [0.717, 1.165) is 22.8 Å². The van der Waals surface area contributed by atoms with E-state index in [2.05, 4.69) is 15.3 Å². The highest BCUT2D eigenvalue weighted by Gasteiger charge is 2.12. The molecule has 2 aromatic rings. The number of aryl methyl sites for hydroxylation is 1. The second-order valence-corrected chi connectivity index (χ2v) is 5.01. The molecule has 21 heavy (non-hydrogen) atoms. The van der Waals surface area contributed by atoms with Gasteiger partial charge in [0.25, 0.3) is 0 Å². The molecule has 5 nitrogen and oxygen atoms in total. The number of rotatable bonds is 6. The Morgan fingerprint density at radius 3 is 2.76 bits per heavy atom. The van der Waals surface area contributed by atoms with E-state index in [1.54, 1.807) is 7.05 Å². The van der Waals surface area contributed by atoms with Crippen LogP contribution in [0.1, 0.15) is 5.56 Å². The van der Waals surface area contributed by atoms with Gasteiger partial charge in [-0.15, -0.1) is 0 Å². The number of hydrogen-bond donors (Lipinski definition) is 1. The summed E-state index contributed by atoms with van der Waals surface area (Å²) in [6, 6.07) is 7.96. The molecule has 112 valence electrons. The lowest BCUT2D eigenvalue weighted by molar-refractivity contribution is 0.323. The third-order valence-corrected chi connectivity index (χ3v) is 3.46. The summed E-state index contributed by atoms with van der Waals surface area (Å²) in [6.07, 6.45) is 1.46. The van der Waals surface area contributed by atoms with Crippen LogP contribution in [0.3, 0.4) is 0 Å². The van der Waals surface area contributed by atoms with Crippen molar-refractivity contribution >= 4 is 23.1 Å². The van der Waals surface area contributed by atoms with Crippen LogP contribution >= 0.6 is 11.6 Å². The van der Waals surface area contributed by atoms with Gasteiger partial charge in [-0.25, -0.2) is 9.97 Å². The third kappa shape index (κ3) is 3.76. The maximum atomic E-state index is 6.05. The molecule has 1 aromatic heterocycles. The van der Waals surface area contributed by atoms with Gasteiger partial charge in [-0.3, -0.25) is 0 Å². The predicted octanol–water partition coefficient (Wildman–Crippen LogP) is 3.00. The van der Waals surface area contributed by atoms with Gasteiger partial charge in [0.1, 0.15) is 24.4 Å². The van der Waals surface area contributed by atoms with Gasteiger partial charge >= 0.3 is 0 Å². The quantitative estimate of drug-likeness (QED) is 0.831. The molecule has 0 amide bonds. The number of nitrogens with one attached hydrogen (secondary N) is 1. The molecule has 1 aromatic carbocycles. The number of nitrogens with zero attached hydrogens (tertiary/aromatic N) is 3. The molecule has 1 heterocycles. The topological polar surface area (TPSA) is 50.3 Å². The summed E-state index contributed by atoms with van der Waals surface area (Å²) >= 11 is 6.05. The van der Waals surface area contributed by atoms with E-state index in [-0.39, 0.29) is 0 Å². The maximum Gasteiger partial charge on any atom is 0.157 e. The number of benzene rings is 1. The highest BCUT2D eigenvalue weighted by Crippen LogP contribution is 2.27. The van der Waals surface area contributed by atoms with Gasteiger partial charge in [-0.1, -0.05) is 29.8 Å². The lowest BCUT2D eigenvalue weighted by Gasteiger charge is -2.21. The Morgan fingerprint density at radius 1 is 1.29 bits per heavy atom. The average Bonchev–Trinajstić information content (AvgIpc) is 2.48. The Labute approximate surface area is 129 Å². The van der Waals surface area contributed by atoms with Crippen LogP contribution in [0.25, 0.3) is 0 Å². The second-order valence-electron chi connectivity index (χ2n) is 4.65. The normalized spacial score (nSPS) is 10.3. The summed E-state index contributed by atoms with van der Waals surface area (Å²) in [4.78, 5) is 10.2. The lowest BCUT2D eigenvalue weighted by atomic mass is 10.2. The van der Waals surface area contributed by atoms with E-state index in [1.165, 1.54) is 6.33 Å². The van der Waals surface area contributed by atoms with Crippen molar-refractivity contribution in [2.45, 2.75) is 6.92 Å². The highest BCUT2D eigenvalue weighted by atomic mass is 35.5. The van der Waals surface area contributed by atoms with Gasteiger partial charge in [-0.05, 0) is 18.6 Å². The first-order chi connectivity index (χ1) is 10.1. The van der Waals surface area contributed by atoms with Gasteiger partial charge in [0, 0.05) is 14.1 Å². The molecule has 0 atom stereocenters. The minimum atomic E-state index is 0.411. The van der Waals surface area contributed by atoms with E-state index < -0.39 is 0 Å². The standard InChI is InChI=1S/C15H19ClN4O/c1-11-6-4-5-7-12(11)21-9-8-20(3)15-13(17-2)14(16)18-10-19-15/h4-7,10,17H,8-9H2,1-3H3. The Hall–Kier alpha value is -2.01. The average molecular weight is 307 g/mol. The first-order valence-corrected chi connectivity index (χ1v) is 7.09. The predicted molar refractivity (Wildman–Crippen MR) is 86.5 cm³/mol. The van der Waals surface area contributed by atoms with Crippen LogP contribution in [0.15, 0.2) is 30.6 Å². The zero-order valence-corrected chi connectivity index (χ0v) is 13.2. The zero-order valence-electron chi connectivity index (χ0n) is 12.4. The summed E-state index contributed by atoms with van der Waals surface area (Å²) in [6.45, 7) is 3.28. The molecule has 0 fully saturated rings. The molecule has 0 aliphatic heterocycles. The molecule has 0 bridgehead atoms. The molecule has 6 heteroatoms. The molecule has 0 spiro atoms. The van der Waals surface area contributed by atoms with Crippen LogP contribution in [-0.4, -0.2) is 37.2 Å². The number of hydrogen-bond acceptors (Lipinski definition) is 5. The summed E-state index contributed by atoms with van der Waals surface area (Å²) in [5.74, 6) is 1.66. The van der Waals surface area contributed by atoms with Crippen molar-refractivity contribution in [1.82, 2.24) is 9.97 Å². The van der Waals surface area contributed by atoms with Crippen molar-refractivity contribution in [3.05, 3.63) is 41.3 Å². The number of para-hydroxylation sites is 1. The molecule has 1 N–H and O–H groups in total. The fraction of sp³-hybridized carbons (Fsp3) is 0.333. The smallest absolute Gasteiger partial charge is 0.157 e. The molecule has 0 radical (unpaired) electrons. The van der Waals surface area contributed by atoms with E-state index in [1.807, 2.05) is 43.1 Å². The third-order valence-electron chi connectivity index (χ3n) is 3.17. The molecule has 0 saturated heterocycles. The van der Waals surface area contributed by atoms with Crippen molar-refractivity contribution in [3.8, 4) is 5.75 Å². The summed E-state index contributed by atoms with van der Waals surface area (Å²) in [5.41, 5.74) is 1.85. The van der Waals surface area contributed by atoms with Crippen LogP contribution in [0, 0.1) is 6.92 Å². The summed E-state index contributed by atoms with van der Waals surface area (Å²) in [5, 5.41) is 3.43. The first-order valence-electron chi connectivity index (χ1n) is 6.71. The largest absolute Gasteiger partial charge is 0.491 e. The van der Waals surface area contributed by atoms with Crippen molar-refractivity contribution in [1.29, 1.82) is 0 Å². The molecule has 0 saturated carbocycles. The Morgan fingerprint density at radius 2 is 2.05 bits per heavy atom. The van der Waals surface area contributed by atoms with Gasteiger partial charge in [0.15, 0.2) is 11.0 Å². The van der Waals surface area contributed by atoms with Crippen molar-refractivity contribution in [2.75, 3.05) is 37.5 Å². The SMILES string of the molecule is CNc1c(Cl)ncnc1N(C)CCOc1ccccc1C. The molecule has 0 aliphatic carbocycles. The molecule has 2 rings (SSSR count). The number of likely N-dealkylation sites (N-methyl/N-ethyl adjacent to an activating group) is 1. The van der Waals surface area contributed by atoms with Crippen molar-refractivity contribution in [3.63, 3.8) is 0 Å². The van der Waals surface area contributed by atoms with Crippen LogP contribution in [-0.2, 0) is 0 Å². The minimum Gasteiger partial charge on any atom is -0.491 e. The van der Waals surface area contributed by atoms with Crippen molar-refractivity contribution < 1.29 is 4.74 Å². The fourth-order valence-corrected chi connectivity index (χ4v) is 2.20. The molecule has 0 aliphatic rings. The maximum absolute atomic E-state index is 6.05. The number of anilines is 2. The highest BCUT2D eigenvalue weighted by molar-refractivity contribution is 6.32. The van der Waals surface area contributed by atoms with Crippen molar-refractivity contribution in [2.24, 2.45) is 0 Å². The molecular weight excluding hydrogens is 288 g/mol. The van der Waals surface area contributed by atoms with Crippen LogP contribution in [0.4, 0.5) is 11.5 Å². The van der Waals surface area contributed by atoms with Gasteiger partial charge < -0.3 is 15.0 Å². The summed E-state index contributed by atoms with van der Waals surface area (Å²) in [7, 11) is 3.74. The number of halogens is 1. The van der Waals surface area contributed by atoms with E-state index >= 15 is 0 Å². The van der Waals surface area contributed by atoms with E-state index in [4.69, 9.17) is 16.3 Å². The Bertz CT molecular complexity index is 606. The van der Waals surface area contributed by atoms with Crippen LogP contribution < -0.4 is 15.0 Å². The summed E-state index contributed by atoms with van der Waals surface area (Å²) < 4.78 is 5.79. The van der Waals surface area contributed by atoms with Crippen LogP contribution in [0.5, 0.6) is 5.75 Å². The van der Waals surface area contributed by atoms with E-state index in [9.17, 15) is 0 Å². The monoisotopic (exact) mass is 306 g/mol. The second kappa shape index (κ2) is 7.13. The molecular formula is C15H19ClN4O. The number of aromatic nitrogens is 2. The van der Waals surface area contributed by atoms with Gasteiger partial charge in [-0.2, -0.15) is 0 Å². The van der Waals surface area contributed by atoms with Gasteiger partial charge in [0.05, 0.1) is 6.54 Å². The fourth-order valence-electron chi connectivity index (χ4n) is 1.98.